The van der Waals surface area contributed by atoms with Crippen molar-refractivity contribution in [3.8, 4) is 34.1 Å². The fourth-order valence-corrected chi connectivity index (χ4v) is 6.99. The van der Waals surface area contributed by atoms with Crippen LogP contribution in [0.3, 0.4) is 0 Å². The molecule has 2 atom stereocenters. The van der Waals surface area contributed by atoms with Crippen LogP contribution in [-0.4, -0.2) is 51.8 Å². The Morgan fingerprint density at radius 2 is 1.68 bits per heavy atom. The van der Waals surface area contributed by atoms with E-state index < -0.39 is 6.04 Å². The first-order chi connectivity index (χ1) is 22.8. The van der Waals surface area contributed by atoms with Gasteiger partial charge in [-0.1, -0.05) is 6.07 Å². The zero-order valence-electron chi connectivity index (χ0n) is 27.3. The molecule has 2 amide bonds. The Balaban J connectivity index is 1.30. The minimum Gasteiger partial charge on any atom is -0.497 e. The Hall–Kier alpha value is -5.19. The SMILES string of the molecule is COc1ccc2[nH]c3c(c2c1)CCC[C@@H]3NC(=O)CNc1ccc2c(cc1=O)[C@@H](NC(C)=O)CCc1cc(OC)c(OC)c(OC)c1-2. The number of aromatic nitrogens is 1. The van der Waals surface area contributed by atoms with Crippen LogP contribution in [0.5, 0.6) is 23.0 Å². The van der Waals surface area contributed by atoms with Gasteiger partial charge in [0.1, 0.15) is 5.75 Å². The quantitative estimate of drug-likeness (QED) is 0.201. The van der Waals surface area contributed by atoms with Crippen molar-refractivity contribution < 1.29 is 28.5 Å². The molecule has 2 aliphatic carbocycles. The summed E-state index contributed by atoms with van der Waals surface area (Å²) in [7, 11) is 6.32. The van der Waals surface area contributed by atoms with E-state index in [1.807, 2.05) is 30.3 Å². The minimum atomic E-state index is -0.426. The maximum atomic E-state index is 13.6. The number of hydrogen-bond donors (Lipinski definition) is 4. The van der Waals surface area contributed by atoms with Crippen molar-refractivity contribution in [2.75, 3.05) is 40.3 Å². The van der Waals surface area contributed by atoms with Gasteiger partial charge in [-0.3, -0.25) is 14.4 Å². The van der Waals surface area contributed by atoms with Crippen molar-refractivity contribution in [3.05, 3.63) is 75.1 Å². The molecule has 0 bridgehead atoms. The number of aromatic amines is 1. The van der Waals surface area contributed by atoms with Gasteiger partial charge in [0.25, 0.3) is 0 Å². The van der Waals surface area contributed by atoms with E-state index in [1.165, 1.54) is 18.6 Å². The van der Waals surface area contributed by atoms with Crippen LogP contribution in [0.15, 0.2) is 47.3 Å². The summed E-state index contributed by atoms with van der Waals surface area (Å²) in [6, 6.07) is 12.3. The first-order valence-corrected chi connectivity index (χ1v) is 15.8. The third-order valence-corrected chi connectivity index (χ3v) is 9.10. The van der Waals surface area contributed by atoms with Crippen LogP contribution in [0.1, 0.15) is 60.7 Å². The van der Waals surface area contributed by atoms with Crippen molar-refractivity contribution in [1.82, 2.24) is 15.6 Å². The predicted octanol–water partition coefficient (Wildman–Crippen LogP) is 4.96. The summed E-state index contributed by atoms with van der Waals surface area (Å²) < 4.78 is 22.5. The molecule has 1 aromatic heterocycles. The van der Waals surface area contributed by atoms with Gasteiger partial charge in [-0.15, -0.1) is 0 Å². The van der Waals surface area contributed by atoms with Gasteiger partial charge in [0.2, 0.25) is 23.0 Å². The zero-order valence-corrected chi connectivity index (χ0v) is 27.3. The fourth-order valence-electron chi connectivity index (χ4n) is 6.99. The Kier molecular flexibility index (Phi) is 8.97. The number of H-pyrrole nitrogens is 1. The third-order valence-electron chi connectivity index (χ3n) is 9.10. The van der Waals surface area contributed by atoms with Gasteiger partial charge in [0.05, 0.1) is 52.8 Å². The molecule has 47 heavy (non-hydrogen) atoms. The number of carbonyl (C=O) groups excluding carboxylic acids is 2. The van der Waals surface area contributed by atoms with E-state index in [2.05, 4.69) is 20.9 Å². The van der Waals surface area contributed by atoms with Crippen molar-refractivity contribution in [2.45, 2.75) is 51.1 Å². The summed E-state index contributed by atoms with van der Waals surface area (Å²) in [5.74, 6) is 1.79. The van der Waals surface area contributed by atoms with Gasteiger partial charge in [-0.05, 0) is 90.8 Å². The summed E-state index contributed by atoms with van der Waals surface area (Å²) in [6.07, 6.45) is 3.82. The number of amides is 2. The second-order valence-electron chi connectivity index (χ2n) is 11.9. The van der Waals surface area contributed by atoms with Gasteiger partial charge in [0, 0.05) is 29.1 Å². The molecular formula is C36H40N4O7. The second-order valence-corrected chi connectivity index (χ2v) is 11.9. The van der Waals surface area contributed by atoms with Crippen LogP contribution >= 0.6 is 0 Å². The molecule has 0 fully saturated rings. The number of methoxy groups -OCH3 is 4. The Morgan fingerprint density at radius 1 is 0.872 bits per heavy atom. The van der Waals surface area contributed by atoms with E-state index in [0.717, 1.165) is 52.7 Å². The van der Waals surface area contributed by atoms with E-state index in [4.69, 9.17) is 18.9 Å². The van der Waals surface area contributed by atoms with Crippen LogP contribution in [-0.2, 0) is 22.4 Å². The lowest BCUT2D eigenvalue weighted by atomic mass is 9.91. The summed E-state index contributed by atoms with van der Waals surface area (Å²) >= 11 is 0. The lowest BCUT2D eigenvalue weighted by molar-refractivity contribution is -0.120. The average molecular weight is 641 g/mol. The lowest BCUT2D eigenvalue weighted by Gasteiger charge is -2.24. The molecule has 246 valence electrons. The highest BCUT2D eigenvalue weighted by molar-refractivity contribution is 5.88. The molecule has 0 unspecified atom stereocenters. The first-order valence-electron chi connectivity index (χ1n) is 15.8. The molecule has 0 saturated carbocycles. The Bertz CT molecular complexity index is 1920. The summed E-state index contributed by atoms with van der Waals surface area (Å²) in [6.45, 7) is 1.36. The average Bonchev–Trinajstić information content (AvgIpc) is 3.29. The van der Waals surface area contributed by atoms with Gasteiger partial charge in [-0.25, -0.2) is 0 Å². The Labute approximate surface area is 272 Å². The molecular weight excluding hydrogens is 600 g/mol. The number of fused-ring (bicyclic) bond motifs is 6. The predicted molar refractivity (Wildman–Crippen MR) is 180 cm³/mol. The van der Waals surface area contributed by atoms with Crippen molar-refractivity contribution >= 4 is 28.4 Å². The van der Waals surface area contributed by atoms with Crippen LogP contribution in [0.2, 0.25) is 0 Å². The van der Waals surface area contributed by atoms with Crippen molar-refractivity contribution in [2.24, 2.45) is 0 Å². The van der Waals surface area contributed by atoms with E-state index in [0.29, 0.717) is 41.2 Å². The Morgan fingerprint density at radius 3 is 2.40 bits per heavy atom. The van der Waals surface area contributed by atoms with E-state index in [1.54, 1.807) is 34.5 Å². The summed E-state index contributed by atoms with van der Waals surface area (Å²) in [4.78, 5) is 42.6. The highest BCUT2D eigenvalue weighted by atomic mass is 16.5. The molecule has 4 aromatic rings. The standard InChI is InChI=1S/C36H40N4O7/c1-19(41)38-26-12-9-20-15-31(45-3)35(46-4)36(47-5)33(20)22-11-14-28(30(42)17-25(22)26)37-18-32(43)39-29-8-6-7-23-24-16-21(44-2)10-13-27(24)40-34(23)29/h10-11,13-17,26,29,40H,6-9,12,18H2,1-5H3,(H,37,42)(H,38,41)(H,39,43)/t26-,29-/m0/s1. The maximum absolute atomic E-state index is 13.6. The summed E-state index contributed by atoms with van der Waals surface area (Å²) in [5.41, 5.74) is 6.23. The zero-order chi connectivity index (χ0) is 33.2. The topological polar surface area (TPSA) is 140 Å². The first kappa shape index (κ1) is 31.8. The number of anilines is 1. The molecule has 1 heterocycles. The number of rotatable bonds is 9. The van der Waals surface area contributed by atoms with Gasteiger partial charge in [0.15, 0.2) is 11.5 Å². The molecule has 0 radical (unpaired) electrons. The molecule has 0 aliphatic heterocycles. The normalized spacial score (nSPS) is 16.5. The van der Waals surface area contributed by atoms with E-state index in [-0.39, 0.29) is 35.5 Å². The smallest absolute Gasteiger partial charge is 0.239 e. The van der Waals surface area contributed by atoms with E-state index >= 15 is 0 Å². The molecule has 3 aromatic carbocycles. The molecule has 0 spiro atoms. The number of ether oxygens (including phenoxy) is 4. The van der Waals surface area contributed by atoms with Crippen molar-refractivity contribution in [3.63, 3.8) is 0 Å². The second kappa shape index (κ2) is 13.3. The molecule has 0 saturated heterocycles. The molecule has 6 rings (SSSR count). The maximum Gasteiger partial charge on any atom is 0.239 e. The largest absolute Gasteiger partial charge is 0.497 e. The number of nitrogens with one attached hydrogen (secondary N) is 4. The molecule has 11 nitrogen and oxygen atoms in total. The fraction of sp³-hybridized carbons (Fsp3) is 0.361. The number of hydrogen-bond acceptors (Lipinski definition) is 8. The van der Waals surface area contributed by atoms with Crippen LogP contribution < -0.4 is 40.3 Å². The third kappa shape index (κ3) is 6.05. The van der Waals surface area contributed by atoms with Crippen LogP contribution in [0.4, 0.5) is 5.69 Å². The number of carbonyl (C=O) groups is 2. The van der Waals surface area contributed by atoms with Gasteiger partial charge < -0.3 is 39.9 Å². The molecule has 2 aliphatic rings. The molecule has 4 N–H and O–H groups in total. The van der Waals surface area contributed by atoms with E-state index in [9.17, 15) is 14.4 Å². The van der Waals surface area contributed by atoms with Crippen LogP contribution in [0, 0.1) is 0 Å². The minimum absolute atomic E-state index is 0.0934. The van der Waals surface area contributed by atoms with Crippen molar-refractivity contribution in [1.29, 1.82) is 0 Å². The lowest BCUT2D eigenvalue weighted by Crippen LogP contribution is -2.35. The molecule has 11 heteroatoms. The monoisotopic (exact) mass is 640 g/mol. The summed E-state index contributed by atoms with van der Waals surface area (Å²) in [5, 5.41) is 10.3. The number of aryl methyl sites for hydroxylation is 2. The van der Waals surface area contributed by atoms with Gasteiger partial charge in [-0.2, -0.15) is 0 Å². The van der Waals surface area contributed by atoms with Crippen LogP contribution in [0.25, 0.3) is 22.0 Å². The number of benzene rings is 2. The van der Waals surface area contributed by atoms with Gasteiger partial charge >= 0.3 is 0 Å². The highest BCUT2D eigenvalue weighted by Gasteiger charge is 2.30. The highest BCUT2D eigenvalue weighted by Crippen LogP contribution is 2.50.